The Kier molecular flexibility index (Phi) is 3.93. The van der Waals surface area contributed by atoms with Gasteiger partial charge in [-0.2, -0.15) is 0 Å². The van der Waals surface area contributed by atoms with Gasteiger partial charge >= 0.3 is 0 Å². The number of allylic oxidation sites excluding steroid dienone is 4. The first-order chi connectivity index (χ1) is 10.8. The van der Waals surface area contributed by atoms with E-state index in [4.69, 9.17) is 0 Å². The standard InChI is InChI=1S/C16H13F2NO2S2/c1-9-8-22-16(19-9)11-5-3-4-10(11)12-6-14(18)15(7-13(12)17)23(2,20)21/h3,5-8H,4H2,1-2H3. The Labute approximate surface area is 136 Å². The van der Waals surface area contributed by atoms with Crippen molar-refractivity contribution in [1.29, 1.82) is 0 Å². The average molecular weight is 353 g/mol. The second kappa shape index (κ2) is 5.65. The summed E-state index contributed by atoms with van der Waals surface area (Å²) in [5.41, 5.74) is 2.28. The highest BCUT2D eigenvalue weighted by molar-refractivity contribution is 7.90. The van der Waals surface area contributed by atoms with Gasteiger partial charge in [-0.1, -0.05) is 12.2 Å². The topological polar surface area (TPSA) is 47.0 Å². The number of hydrogen-bond acceptors (Lipinski definition) is 4. The SMILES string of the molecule is Cc1csc(C2=C(c3cc(F)c(S(C)(=O)=O)cc3F)CC=C2)n1. The van der Waals surface area contributed by atoms with Gasteiger partial charge in [0.1, 0.15) is 21.5 Å². The van der Waals surface area contributed by atoms with Crippen molar-refractivity contribution in [3.63, 3.8) is 0 Å². The zero-order valence-electron chi connectivity index (χ0n) is 12.4. The summed E-state index contributed by atoms with van der Waals surface area (Å²) in [5, 5.41) is 2.62. The van der Waals surface area contributed by atoms with Crippen LogP contribution >= 0.6 is 11.3 Å². The molecule has 0 unspecified atom stereocenters. The van der Waals surface area contributed by atoms with Crippen molar-refractivity contribution in [2.45, 2.75) is 18.2 Å². The van der Waals surface area contributed by atoms with Crippen LogP contribution in [0, 0.1) is 18.6 Å². The van der Waals surface area contributed by atoms with Crippen molar-refractivity contribution >= 4 is 32.3 Å². The fourth-order valence-corrected chi connectivity index (χ4v) is 4.06. The van der Waals surface area contributed by atoms with Gasteiger partial charge in [0.15, 0.2) is 9.84 Å². The van der Waals surface area contributed by atoms with Gasteiger partial charge in [-0.15, -0.1) is 11.3 Å². The van der Waals surface area contributed by atoms with E-state index in [0.29, 0.717) is 12.0 Å². The minimum atomic E-state index is -3.82. The minimum absolute atomic E-state index is 0.0720. The van der Waals surface area contributed by atoms with Crippen LogP contribution in [0.5, 0.6) is 0 Å². The van der Waals surface area contributed by atoms with Crippen molar-refractivity contribution < 1.29 is 17.2 Å². The molecule has 2 aromatic rings. The normalized spacial score (nSPS) is 14.8. The van der Waals surface area contributed by atoms with Crippen LogP contribution in [0.15, 0.2) is 34.6 Å². The van der Waals surface area contributed by atoms with Gasteiger partial charge in [0.05, 0.1) is 0 Å². The summed E-state index contributed by atoms with van der Waals surface area (Å²) in [5.74, 6) is -1.70. The van der Waals surface area contributed by atoms with Crippen LogP contribution < -0.4 is 0 Å². The van der Waals surface area contributed by atoms with Crippen molar-refractivity contribution in [2.24, 2.45) is 0 Å². The molecule has 1 heterocycles. The Balaban J connectivity index is 2.17. The lowest BCUT2D eigenvalue weighted by Gasteiger charge is -2.10. The van der Waals surface area contributed by atoms with Gasteiger partial charge < -0.3 is 0 Å². The molecule has 0 fully saturated rings. The molecule has 0 radical (unpaired) electrons. The summed E-state index contributed by atoms with van der Waals surface area (Å²) in [6.07, 6.45) is 4.98. The first-order valence-electron chi connectivity index (χ1n) is 6.79. The maximum atomic E-state index is 14.4. The molecular formula is C16H13F2NO2S2. The quantitative estimate of drug-likeness (QED) is 0.838. The highest BCUT2D eigenvalue weighted by Crippen LogP contribution is 2.38. The molecule has 0 N–H and O–H groups in total. The van der Waals surface area contributed by atoms with Crippen LogP contribution in [0.3, 0.4) is 0 Å². The Morgan fingerprint density at radius 1 is 1.22 bits per heavy atom. The van der Waals surface area contributed by atoms with Crippen molar-refractivity contribution in [1.82, 2.24) is 4.98 Å². The molecule has 0 saturated heterocycles. The summed E-state index contributed by atoms with van der Waals surface area (Å²) in [7, 11) is -3.82. The van der Waals surface area contributed by atoms with Gasteiger partial charge in [0.25, 0.3) is 0 Å². The molecule has 0 aliphatic heterocycles. The van der Waals surface area contributed by atoms with Gasteiger partial charge in [-0.3, -0.25) is 0 Å². The van der Waals surface area contributed by atoms with Crippen LogP contribution in [0.25, 0.3) is 11.1 Å². The monoisotopic (exact) mass is 353 g/mol. The summed E-state index contributed by atoms with van der Waals surface area (Å²) < 4.78 is 51.5. The molecule has 0 bridgehead atoms. The van der Waals surface area contributed by atoms with Crippen molar-refractivity contribution in [2.75, 3.05) is 6.26 Å². The number of thiazole rings is 1. The highest BCUT2D eigenvalue weighted by atomic mass is 32.2. The molecule has 0 saturated carbocycles. The van der Waals surface area contributed by atoms with E-state index in [9.17, 15) is 17.2 Å². The predicted octanol–water partition coefficient (Wildman–Crippen LogP) is 4.00. The van der Waals surface area contributed by atoms with Crippen LogP contribution in [0.4, 0.5) is 8.78 Å². The second-order valence-electron chi connectivity index (χ2n) is 5.33. The van der Waals surface area contributed by atoms with Crippen LogP contribution in [-0.2, 0) is 9.84 Å². The zero-order chi connectivity index (χ0) is 16.8. The first kappa shape index (κ1) is 16.0. The van der Waals surface area contributed by atoms with Gasteiger partial charge in [-0.25, -0.2) is 22.2 Å². The number of sulfone groups is 1. The highest BCUT2D eigenvalue weighted by Gasteiger charge is 2.23. The predicted molar refractivity (Wildman–Crippen MR) is 86.9 cm³/mol. The third kappa shape index (κ3) is 2.98. The lowest BCUT2D eigenvalue weighted by atomic mass is 10.0. The zero-order valence-corrected chi connectivity index (χ0v) is 14.1. The van der Waals surface area contributed by atoms with E-state index in [1.807, 2.05) is 24.5 Å². The molecule has 3 rings (SSSR count). The van der Waals surface area contributed by atoms with E-state index in [-0.39, 0.29) is 5.56 Å². The molecule has 7 heteroatoms. The molecule has 0 spiro atoms. The Morgan fingerprint density at radius 2 is 1.96 bits per heavy atom. The van der Waals surface area contributed by atoms with Crippen molar-refractivity contribution in [3.8, 4) is 0 Å². The molecule has 1 aromatic carbocycles. The number of rotatable bonds is 3. The first-order valence-corrected chi connectivity index (χ1v) is 9.56. The number of nitrogens with zero attached hydrogens (tertiary/aromatic N) is 1. The summed E-state index contributed by atoms with van der Waals surface area (Å²) >= 11 is 1.43. The summed E-state index contributed by atoms with van der Waals surface area (Å²) in [4.78, 5) is 3.75. The average Bonchev–Trinajstić information content (AvgIpc) is 3.08. The molecule has 23 heavy (non-hydrogen) atoms. The Hall–Kier alpha value is -1.86. The molecule has 0 atom stereocenters. The second-order valence-corrected chi connectivity index (χ2v) is 8.17. The molecule has 120 valence electrons. The third-order valence-electron chi connectivity index (χ3n) is 3.53. The number of benzene rings is 1. The molecule has 0 amide bonds. The fraction of sp³-hybridized carbons (Fsp3) is 0.188. The van der Waals surface area contributed by atoms with Gasteiger partial charge in [0.2, 0.25) is 0 Å². The van der Waals surface area contributed by atoms with E-state index in [1.165, 1.54) is 11.3 Å². The van der Waals surface area contributed by atoms with Gasteiger partial charge in [0, 0.05) is 28.5 Å². The number of aromatic nitrogens is 1. The lowest BCUT2D eigenvalue weighted by Crippen LogP contribution is -2.04. The van der Waals surface area contributed by atoms with E-state index in [2.05, 4.69) is 4.98 Å². The number of aryl methyl sites for hydroxylation is 1. The smallest absolute Gasteiger partial charge is 0.178 e. The number of hydrogen-bond donors (Lipinski definition) is 0. The Bertz CT molecular complexity index is 956. The number of halogens is 2. The van der Waals surface area contributed by atoms with Gasteiger partial charge in [-0.05, 0) is 31.1 Å². The van der Waals surface area contributed by atoms with Crippen molar-refractivity contribution in [3.05, 3.63) is 57.6 Å². The van der Waals surface area contributed by atoms with E-state index in [0.717, 1.165) is 34.7 Å². The summed E-state index contributed by atoms with van der Waals surface area (Å²) in [6, 6.07) is 1.70. The minimum Gasteiger partial charge on any atom is -0.241 e. The Morgan fingerprint density at radius 3 is 2.57 bits per heavy atom. The largest absolute Gasteiger partial charge is 0.241 e. The molecule has 1 aliphatic carbocycles. The maximum absolute atomic E-state index is 14.4. The fourth-order valence-electron chi connectivity index (χ4n) is 2.48. The maximum Gasteiger partial charge on any atom is 0.178 e. The third-order valence-corrected chi connectivity index (χ3v) is 5.63. The van der Waals surface area contributed by atoms with E-state index >= 15 is 0 Å². The molecule has 1 aliphatic rings. The van der Waals surface area contributed by atoms with Crippen LogP contribution in [0.1, 0.15) is 22.7 Å². The molecular weight excluding hydrogens is 340 g/mol. The van der Waals surface area contributed by atoms with Crippen LogP contribution in [-0.4, -0.2) is 19.7 Å². The van der Waals surface area contributed by atoms with E-state index < -0.39 is 26.4 Å². The van der Waals surface area contributed by atoms with Crippen LogP contribution in [0.2, 0.25) is 0 Å². The van der Waals surface area contributed by atoms with E-state index in [1.54, 1.807) is 0 Å². The lowest BCUT2D eigenvalue weighted by molar-refractivity contribution is 0.554. The molecule has 3 nitrogen and oxygen atoms in total. The summed E-state index contributed by atoms with van der Waals surface area (Å²) in [6.45, 7) is 1.86. The molecule has 1 aromatic heterocycles.